The van der Waals surface area contributed by atoms with E-state index in [1.807, 2.05) is 69.3 Å². The number of benzene rings is 1. The molecule has 0 bridgehead atoms. The van der Waals surface area contributed by atoms with Gasteiger partial charge in [-0.2, -0.15) is 0 Å². The predicted octanol–water partition coefficient (Wildman–Crippen LogP) is 4.79. The normalized spacial score (nSPS) is 13.0. The SMILES string of the molecule is CC(C)(C)OC(=O)NCC(/C=C(/Br)c1ccncc1)Oc1ccccc1. The minimum atomic E-state index is -0.548. The van der Waals surface area contributed by atoms with Gasteiger partial charge >= 0.3 is 6.09 Å². The molecule has 0 aliphatic rings. The summed E-state index contributed by atoms with van der Waals surface area (Å²) in [7, 11) is 0. The van der Waals surface area contributed by atoms with Gasteiger partial charge in [0.15, 0.2) is 0 Å². The molecule has 6 heteroatoms. The van der Waals surface area contributed by atoms with Crippen molar-refractivity contribution < 1.29 is 14.3 Å². The van der Waals surface area contributed by atoms with Crippen molar-refractivity contribution in [3.63, 3.8) is 0 Å². The van der Waals surface area contributed by atoms with Gasteiger partial charge in [-0.3, -0.25) is 4.98 Å². The van der Waals surface area contributed by atoms with Gasteiger partial charge in [-0.15, -0.1) is 0 Å². The van der Waals surface area contributed by atoms with Crippen LogP contribution in [0.3, 0.4) is 0 Å². The van der Waals surface area contributed by atoms with Crippen LogP contribution in [0.1, 0.15) is 26.3 Å². The first-order chi connectivity index (χ1) is 12.3. The Bertz CT molecular complexity index is 728. The van der Waals surface area contributed by atoms with Gasteiger partial charge in [-0.05, 0) is 56.7 Å². The number of carbonyl (C=O) groups is 1. The lowest BCUT2D eigenvalue weighted by atomic mass is 10.2. The van der Waals surface area contributed by atoms with E-state index in [0.29, 0.717) is 0 Å². The molecule has 2 aromatic rings. The van der Waals surface area contributed by atoms with Gasteiger partial charge in [0.1, 0.15) is 17.5 Å². The number of aromatic nitrogens is 1. The van der Waals surface area contributed by atoms with Gasteiger partial charge in [-0.25, -0.2) is 4.79 Å². The number of ether oxygens (including phenoxy) is 2. The van der Waals surface area contributed by atoms with Crippen LogP contribution in [-0.2, 0) is 4.74 Å². The minimum absolute atomic E-state index is 0.268. The molecule has 0 aliphatic carbocycles. The van der Waals surface area contributed by atoms with E-state index in [1.54, 1.807) is 12.4 Å². The van der Waals surface area contributed by atoms with Crippen molar-refractivity contribution in [3.05, 3.63) is 66.5 Å². The number of amides is 1. The molecule has 0 saturated carbocycles. The smallest absolute Gasteiger partial charge is 0.407 e. The third-order valence-electron chi connectivity index (χ3n) is 3.17. The van der Waals surface area contributed by atoms with Gasteiger partial charge in [0.05, 0.1) is 6.54 Å². The molecule has 0 aliphatic heterocycles. The quantitative estimate of drug-likeness (QED) is 0.732. The average molecular weight is 419 g/mol. The van der Waals surface area contributed by atoms with Crippen LogP contribution in [-0.4, -0.2) is 29.3 Å². The van der Waals surface area contributed by atoms with Crippen LogP contribution in [0.4, 0.5) is 4.79 Å². The molecule has 1 heterocycles. The van der Waals surface area contributed by atoms with E-state index >= 15 is 0 Å². The topological polar surface area (TPSA) is 60.5 Å². The summed E-state index contributed by atoms with van der Waals surface area (Å²) in [6.45, 7) is 5.74. The molecule has 5 nitrogen and oxygen atoms in total. The number of nitrogens with zero attached hydrogens (tertiary/aromatic N) is 1. The van der Waals surface area contributed by atoms with Crippen LogP contribution in [0.15, 0.2) is 60.9 Å². The first-order valence-electron chi connectivity index (χ1n) is 8.30. The molecule has 1 unspecified atom stereocenters. The maximum atomic E-state index is 11.9. The second-order valence-electron chi connectivity index (χ2n) is 6.60. The van der Waals surface area contributed by atoms with E-state index < -0.39 is 11.7 Å². The van der Waals surface area contributed by atoms with E-state index in [9.17, 15) is 4.79 Å². The Labute approximate surface area is 162 Å². The molecule has 0 spiro atoms. The summed E-state index contributed by atoms with van der Waals surface area (Å²) in [5, 5.41) is 2.75. The summed E-state index contributed by atoms with van der Waals surface area (Å²) in [4.78, 5) is 16.0. The van der Waals surface area contributed by atoms with Crippen LogP contribution in [0.2, 0.25) is 0 Å². The maximum Gasteiger partial charge on any atom is 0.407 e. The lowest BCUT2D eigenvalue weighted by Crippen LogP contribution is -2.38. The Morgan fingerprint density at radius 2 is 1.85 bits per heavy atom. The van der Waals surface area contributed by atoms with Crippen LogP contribution in [0.25, 0.3) is 4.48 Å². The largest absolute Gasteiger partial charge is 0.484 e. The molecule has 0 saturated heterocycles. The molecule has 2 rings (SSSR count). The van der Waals surface area contributed by atoms with E-state index in [-0.39, 0.29) is 12.6 Å². The number of nitrogens with one attached hydrogen (secondary N) is 1. The van der Waals surface area contributed by atoms with Crippen LogP contribution >= 0.6 is 15.9 Å². The molecule has 1 aromatic carbocycles. The number of hydrogen-bond acceptors (Lipinski definition) is 4. The summed E-state index contributed by atoms with van der Waals surface area (Å²) < 4.78 is 12.1. The van der Waals surface area contributed by atoms with Gasteiger partial charge in [0.2, 0.25) is 0 Å². The monoisotopic (exact) mass is 418 g/mol. The van der Waals surface area contributed by atoms with Crippen molar-refractivity contribution in [1.82, 2.24) is 10.3 Å². The molecule has 1 aromatic heterocycles. The van der Waals surface area contributed by atoms with Crippen molar-refractivity contribution >= 4 is 26.5 Å². The van der Waals surface area contributed by atoms with Crippen LogP contribution in [0.5, 0.6) is 5.75 Å². The highest BCUT2D eigenvalue weighted by molar-refractivity contribution is 9.15. The average Bonchev–Trinajstić information content (AvgIpc) is 2.60. The Hall–Kier alpha value is -2.34. The van der Waals surface area contributed by atoms with Crippen molar-refractivity contribution in [2.75, 3.05) is 6.54 Å². The fraction of sp³-hybridized carbons (Fsp3) is 0.300. The lowest BCUT2D eigenvalue weighted by molar-refractivity contribution is 0.0510. The first-order valence-corrected chi connectivity index (χ1v) is 9.09. The molecule has 26 heavy (non-hydrogen) atoms. The summed E-state index contributed by atoms with van der Waals surface area (Å²) >= 11 is 3.57. The van der Waals surface area contributed by atoms with Crippen LogP contribution < -0.4 is 10.1 Å². The Morgan fingerprint density at radius 1 is 1.19 bits per heavy atom. The molecule has 0 fully saturated rings. The van der Waals surface area contributed by atoms with Crippen molar-refractivity contribution in [1.29, 1.82) is 0 Å². The Balaban J connectivity index is 2.10. The second kappa shape index (κ2) is 9.38. The predicted molar refractivity (Wildman–Crippen MR) is 106 cm³/mol. The first kappa shape index (κ1) is 20.0. The van der Waals surface area contributed by atoms with Gasteiger partial charge in [0, 0.05) is 16.9 Å². The van der Waals surface area contributed by atoms with Crippen molar-refractivity contribution in [2.24, 2.45) is 0 Å². The lowest BCUT2D eigenvalue weighted by Gasteiger charge is -2.22. The fourth-order valence-electron chi connectivity index (χ4n) is 2.08. The number of alkyl carbamates (subject to hydrolysis) is 1. The summed E-state index contributed by atoms with van der Waals surface area (Å²) in [6.07, 6.45) is 4.48. The maximum absolute atomic E-state index is 11.9. The van der Waals surface area contributed by atoms with E-state index in [1.165, 1.54) is 0 Å². The zero-order chi connectivity index (χ0) is 19.0. The third-order valence-corrected chi connectivity index (χ3v) is 3.89. The molecule has 138 valence electrons. The zero-order valence-electron chi connectivity index (χ0n) is 15.1. The van der Waals surface area contributed by atoms with Crippen molar-refractivity contribution in [2.45, 2.75) is 32.5 Å². The molecule has 0 radical (unpaired) electrons. The van der Waals surface area contributed by atoms with Crippen molar-refractivity contribution in [3.8, 4) is 5.75 Å². The molecule has 1 N–H and O–H groups in total. The van der Waals surface area contributed by atoms with E-state index in [4.69, 9.17) is 9.47 Å². The Morgan fingerprint density at radius 3 is 2.46 bits per heavy atom. The number of pyridine rings is 1. The number of para-hydroxylation sites is 1. The van der Waals surface area contributed by atoms with Gasteiger partial charge in [0.25, 0.3) is 0 Å². The standard InChI is InChI=1S/C20H23BrN2O3/c1-20(2,3)26-19(24)23-14-17(25-16-7-5-4-6-8-16)13-18(21)15-9-11-22-12-10-15/h4-13,17H,14H2,1-3H3,(H,23,24)/b18-13+. The third kappa shape index (κ3) is 7.27. The molecule has 1 amide bonds. The summed E-state index contributed by atoms with van der Waals surface area (Å²) in [5.41, 5.74) is 0.423. The zero-order valence-corrected chi connectivity index (χ0v) is 16.7. The van der Waals surface area contributed by atoms with E-state index in [0.717, 1.165) is 15.8 Å². The summed E-state index contributed by atoms with van der Waals surface area (Å²) in [5.74, 6) is 0.717. The summed E-state index contributed by atoms with van der Waals surface area (Å²) in [6, 6.07) is 13.2. The molecule has 1 atom stereocenters. The highest BCUT2D eigenvalue weighted by Crippen LogP contribution is 2.22. The van der Waals surface area contributed by atoms with Crippen LogP contribution in [0, 0.1) is 0 Å². The number of carbonyl (C=O) groups excluding carboxylic acids is 1. The Kier molecular flexibility index (Phi) is 7.21. The van der Waals surface area contributed by atoms with E-state index in [2.05, 4.69) is 26.2 Å². The minimum Gasteiger partial charge on any atom is -0.484 e. The number of halogens is 1. The van der Waals surface area contributed by atoms with Gasteiger partial charge < -0.3 is 14.8 Å². The second-order valence-corrected chi connectivity index (χ2v) is 7.46. The molecular formula is C20H23BrN2O3. The fourth-order valence-corrected chi connectivity index (χ4v) is 2.64. The number of rotatable bonds is 6. The van der Waals surface area contributed by atoms with Gasteiger partial charge in [-0.1, -0.05) is 34.1 Å². The molecular weight excluding hydrogens is 396 g/mol. The highest BCUT2D eigenvalue weighted by atomic mass is 79.9. The number of hydrogen-bond donors (Lipinski definition) is 1. The highest BCUT2D eigenvalue weighted by Gasteiger charge is 2.18.